The van der Waals surface area contributed by atoms with Crippen LogP contribution in [0, 0.1) is 0 Å². The zero-order valence-corrected chi connectivity index (χ0v) is 68.9. The number of benzene rings is 17. The van der Waals surface area contributed by atoms with Gasteiger partial charge in [-0.2, -0.15) is 0 Å². The van der Waals surface area contributed by atoms with Crippen molar-refractivity contribution in [3.05, 3.63) is 453 Å². The zero-order valence-electron chi connectivity index (χ0n) is 68.9. The lowest BCUT2D eigenvalue weighted by molar-refractivity contribution is 0.660. The second-order valence-electron chi connectivity index (χ2n) is 34.0. The first-order chi connectivity index (χ1) is 59.8. The van der Waals surface area contributed by atoms with Gasteiger partial charge in [-0.1, -0.05) is 308 Å². The number of hydrogen-bond donors (Lipinski definition) is 0. The van der Waals surface area contributed by atoms with Crippen molar-refractivity contribution in [1.29, 1.82) is 0 Å². The van der Waals surface area contributed by atoms with E-state index < -0.39 is 0 Å². The smallest absolute Gasteiger partial charge is 0.0541 e. The first-order valence-corrected chi connectivity index (χ1v) is 42.6. The summed E-state index contributed by atoms with van der Waals surface area (Å²) in [5.41, 5.74) is 42.7. The van der Waals surface area contributed by atoms with E-state index in [9.17, 15) is 0 Å². The molecule has 122 heavy (non-hydrogen) atoms. The molecule has 0 saturated heterocycles. The van der Waals surface area contributed by atoms with Crippen LogP contribution in [0.5, 0.6) is 0 Å². The maximum absolute atomic E-state index is 3.98. The third-order valence-corrected chi connectivity index (χ3v) is 26.4. The standard InChI is InChI=1S/C118H88N4/c1-7-77-27-31-81(32-28-77)83-35-51-93(52-36-83)119(99-63-65-103-101-23-15-17-25-109(101)117(3,4)111(103)75-99)95-55-39-85(40-56-95)87-43-59-97(60-44-87)121-113-67-47-89(79-19-11-9-12-20-79)71-105(113)107-73-91(49-69-115(107)121)92-50-70-116-108(74-92)106-72-90(80-21-13-10-14-22-80)48-68-114(106)122(116)98-61-45-88(46-62-98)86-41-57-96(58-42-86)120(94-53-37-84(38-54-94)82-33-29-78(8-2)30-34-82)100-64-66-104-102-24-16-18-26-110(102)118(5,6)112(104)76-100/h7-13,15-21,23-76H,1-2,14,22H2,3-6H3. The average Bonchev–Trinajstić information content (AvgIpc) is 1.58. The summed E-state index contributed by atoms with van der Waals surface area (Å²) in [7, 11) is 0. The first kappa shape index (κ1) is 73.3. The molecule has 19 aromatic rings. The summed E-state index contributed by atoms with van der Waals surface area (Å²) in [6.45, 7) is 17.4. The van der Waals surface area contributed by atoms with Gasteiger partial charge in [0.1, 0.15) is 0 Å². The Balaban J connectivity index is 0.590. The van der Waals surface area contributed by atoms with Gasteiger partial charge >= 0.3 is 0 Å². The van der Waals surface area contributed by atoms with E-state index in [1.165, 1.54) is 133 Å². The average molecular weight is 1560 g/mol. The number of nitrogens with zero attached hydrogens (tertiary/aromatic N) is 4. The molecule has 0 amide bonds. The molecule has 0 saturated carbocycles. The van der Waals surface area contributed by atoms with Crippen molar-refractivity contribution in [2.24, 2.45) is 0 Å². The first-order valence-electron chi connectivity index (χ1n) is 42.6. The van der Waals surface area contributed by atoms with E-state index in [2.05, 4.69) is 460 Å². The molecule has 3 aliphatic carbocycles. The molecule has 0 atom stereocenters. The minimum atomic E-state index is -0.146. The summed E-state index contributed by atoms with van der Waals surface area (Å²) >= 11 is 0. The van der Waals surface area contributed by atoms with Gasteiger partial charge in [-0.15, -0.1) is 0 Å². The second-order valence-corrected chi connectivity index (χ2v) is 34.0. The molecule has 2 aromatic heterocycles. The van der Waals surface area contributed by atoms with Gasteiger partial charge in [0.15, 0.2) is 0 Å². The molecule has 0 unspecified atom stereocenters. The number of aromatic nitrogens is 2. The molecule has 4 nitrogen and oxygen atoms in total. The van der Waals surface area contributed by atoms with Gasteiger partial charge in [0, 0.05) is 77.9 Å². The molecule has 0 spiro atoms. The van der Waals surface area contributed by atoms with E-state index in [0.29, 0.717) is 0 Å². The fourth-order valence-electron chi connectivity index (χ4n) is 19.8. The van der Waals surface area contributed by atoms with Crippen LogP contribution in [0.15, 0.2) is 414 Å². The van der Waals surface area contributed by atoms with Crippen LogP contribution in [0.2, 0.25) is 0 Å². The van der Waals surface area contributed by atoms with Crippen LogP contribution in [0.3, 0.4) is 0 Å². The van der Waals surface area contributed by atoms with E-state index in [-0.39, 0.29) is 10.8 Å². The summed E-state index contributed by atoms with van der Waals surface area (Å²) in [5, 5.41) is 4.86. The van der Waals surface area contributed by atoms with Gasteiger partial charge in [-0.3, -0.25) is 0 Å². The number of rotatable bonds is 17. The second kappa shape index (κ2) is 29.5. The highest BCUT2D eigenvalue weighted by atomic mass is 15.1. The van der Waals surface area contributed by atoms with Crippen molar-refractivity contribution < 1.29 is 0 Å². The van der Waals surface area contributed by atoms with Crippen LogP contribution < -0.4 is 9.80 Å². The van der Waals surface area contributed by atoms with Crippen molar-refractivity contribution in [1.82, 2.24) is 9.13 Å². The quantitative estimate of drug-likeness (QED) is 0.0903. The molecule has 17 aromatic carbocycles. The Morgan fingerprint density at radius 3 is 0.902 bits per heavy atom. The molecule has 0 N–H and O–H groups in total. The highest BCUT2D eigenvalue weighted by Gasteiger charge is 2.38. The van der Waals surface area contributed by atoms with E-state index in [4.69, 9.17) is 0 Å². The van der Waals surface area contributed by atoms with Gasteiger partial charge in [0.2, 0.25) is 0 Å². The molecule has 22 rings (SSSR count). The highest BCUT2D eigenvalue weighted by Crippen LogP contribution is 2.54. The number of anilines is 6. The third kappa shape index (κ3) is 12.5. The SMILES string of the molecule is C=Cc1ccc(-c2ccc(N(c3ccc(-c4ccc(-n5c6ccc(C7=CC=CCC7)cc6c6cc(-c7ccc8c(c7)c7cc(-c9ccccc9)ccc7n8-c7ccc(-c8ccc(N(c9ccc(-c%10ccc(C=C)cc%10)cc9)c9ccc%10c(c9)C(C)(C)c9ccccc9-%10)cc8)cc7)ccc65)cc4)cc3)c3ccc4c(c3)C(C)(C)c3ccccc3-4)cc2)cc1. The lowest BCUT2D eigenvalue weighted by Crippen LogP contribution is -2.16. The number of allylic oxidation sites excluding steroid dienone is 4. The van der Waals surface area contributed by atoms with Gasteiger partial charge in [-0.05, 0) is 292 Å². The molecule has 0 fully saturated rings. The summed E-state index contributed by atoms with van der Waals surface area (Å²) in [6, 6.07) is 143. The van der Waals surface area contributed by atoms with Crippen molar-refractivity contribution in [3.8, 4) is 100 Å². The minimum Gasteiger partial charge on any atom is -0.310 e. The molecule has 3 aliphatic rings. The molecular formula is C118H88N4. The van der Waals surface area contributed by atoms with Crippen LogP contribution in [-0.2, 0) is 10.8 Å². The lowest BCUT2D eigenvalue weighted by atomic mass is 9.82. The Labute approximate surface area is 713 Å². The normalized spacial score (nSPS) is 13.4. The summed E-state index contributed by atoms with van der Waals surface area (Å²) in [6.07, 6.45) is 12.6. The van der Waals surface area contributed by atoms with E-state index in [1.54, 1.807) is 0 Å². The molecule has 2 heterocycles. The van der Waals surface area contributed by atoms with Crippen LogP contribution in [0.4, 0.5) is 34.1 Å². The lowest BCUT2D eigenvalue weighted by Gasteiger charge is -2.28. The van der Waals surface area contributed by atoms with Gasteiger partial charge in [0.25, 0.3) is 0 Å². The Hall–Kier alpha value is -15.1. The largest absolute Gasteiger partial charge is 0.310 e. The molecule has 4 heteroatoms. The van der Waals surface area contributed by atoms with Crippen molar-refractivity contribution in [2.45, 2.75) is 51.4 Å². The van der Waals surface area contributed by atoms with E-state index >= 15 is 0 Å². The van der Waals surface area contributed by atoms with Crippen molar-refractivity contribution in [3.63, 3.8) is 0 Å². The maximum atomic E-state index is 3.98. The molecule has 0 radical (unpaired) electrons. The van der Waals surface area contributed by atoms with Gasteiger partial charge < -0.3 is 18.9 Å². The maximum Gasteiger partial charge on any atom is 0.0541 e. The summed E-state index contributed by atoms with van der Waals surface area (Å²) < 4.78 is 4.92. The summed E-state index contributed by atoms with van der Waals surface area (Å²) in [4.78, 5) is 4.82. The highest BCUT2D eigenvalue weighted by molar-refractivity contribution is 6.14. The summed E-state index contributed by atoms with van der Waals surface area (Å²) in [5.74, 6) is 0. The number of hydrogen-bond acceptors (Lipinski definition) is 2. The topological polar surface area (TPSA) is 16.3 Å². The van der Waals surface area contributed by atoms with E-state index in [0.717, 1.165) is 103 Å². The van der Waals surface area contributed by atoms with Crippen LogP contribution >= 0.6 is 0 Å². The molecule has 580 valence electrons. The molecular weight excluding hydrogens is 1470 g/mol. The number of fused-ring (bicyclic) bond motifs is 12. The fourth-order valence-corrected chi connectivity index (χ4v) is 19.8. The van der Waals surface area contributed by atoms with Crippen LogP contribution in [0.1, 0.15) is 79.5 Å². The monoisotopic (exact) mass is 1560 g/mol. The Bertz CT molecular complexity index is 7440. The van der Waals surface area contributed by atoms with Gasteiger partial charge in [0.05, 0.1) is 22.1 Å². The van der Waals surface area contributed by atoms with Crippen LogP contribution in [-0.4, -0.2) is 9.13 Å². The van der Waals surface area contributed by atoms with Crippen molar-refractivity contribution >= 4 is 95.5 Å². The predicted molar refractivity (Wildman–Crippen MR) is 519 cm³/mol. The fraction of sp³-hybridized carbons (Fsp3) is 0.0678. The minimum absolute atomic E-state index is 0.145. The van der Waals surface area contributed by atoms with E-state index in [1.807, 2.05) is 12.2 Å². The molecule has 0 bridgehead atoms. The van der Waals surface area contributed by atoms with Gasteiger partial charge in [-0.25, -0.2) is 0 Å². The Morgan fingerprint density at radius 2 is 0.549 bits per heavy atom. The predicted octanol–water partition coefficient (Wildman–Crippen LogP) is 32.5. The van der Waals surface area contributed by atoms with Crippen LogP contribution in [0.25, 0.3) is 162 Å². The molecule has 0 aliphatic heterocycles. The van der Waals surface area contributed by atoms with Crippen molar-refractivity contribution in [2.75, 3.05) is 9.80 Å². The Kier molecular flexibility index (Phi) is 17.7. The Morgan fingerprint density at radius 1 is 0.262 bits per heavy atom. The third-order valence-electron chi connectivity index (χ3n) is 26.4. The zero-order chi connectivity index (χ0) is 81.9.